The predicted octanol–water partition coefficient (Wildman–Crippen LogP) is 2.18. The lowest BCUT2D eigenvalue weighted by Gasteiger charge is -2.19. The number of amides is 2. The molecule has 0 aromatic carbocycles. The highest BCUT2D eigenvalue weighted by Gasteiger charge is 2.26. The molecule has 10 heteroatoms. The summed E-state index contributed by atoms with van der Waals surface area (Å²) >= 11 is 5.40. The second-order valence-electron chi connectivity index (χ2n) is 3.30. The van der Waals surface area contributed by atoms with Gasteiger partial charge < -0.3 is 14.4 Å². The van der Waals surface area contributed by atoms with Gasteiger partial charge in [0, 0.05) is 12.4 Å². The van der Waals surface area contributed by atoms with Gasteiger partial charge >= 0.3 is 13.6 Å². The molecule has 0 unspecified atom stereocenters. The zero-order valence-electron chi connectivity index (χ0n) is 11.0. The van der Waals surface area contributed by atoms with Crippen molar-refractivity contribution in [3.8, 4) is 0 Å². The van der Waals surface area contributed by atoms with Gasteiger partial charge in [0.05, 0.1) is 31.2 Å². The monoisotopic (exact) mass is 315 g/mol. The number of nitrogens with one attached hydrogen (secondary N) is 1. The van der Waals surface area contributed by atoms with Crippen molar-refractivity contribution in [2.24, 2.45) is 5.29 Å². The molecule has 0 spiro atoms. The molecule has 0 rings (SSSR count). The lowest BCUT2D eigenvalue weighted by Crippen LogP contribution is -2.38. The van der Waals surface area contributed by atoms with Gasteiger partial charge in [-0.05, 0) is 13.8 Å². The molecule has 2 amide bonds. The third-order valence-corrected chi connectivity index (χ3v) is 4.18. The first-order valence-corrected chi connectivity index (χ1v) is 8.12. The SMILES string of the molecule is CCOP(=O)(CCN(N=O)C(=O)NCCCl)OCC. The Kier molecular flexibility index (Phi) is 9.77. The molecule has 0 bridgehead atoms. The van der Waals surface area contributed by atoms with Crippen molar-refractivity contribution < 1.29 is 18.4 Å². The molecule has 0 fully saturated rings. The van der Waals surface area contributed by atoms with E-state index in [1.165, 1.54) is 0 Å². The van der Waals surface area contributed by atoms with Crippen LogP contribution in [0.5, 0.6) is 0 Å². The Morgan fingerprint density at radius 3 is 2.37 bits per heavy atom. The van der Waals surface area contributed by atoms with Crippen molar-refractivity contribution in [1.82, 2.24) is 10.3 Å². The maximum Gasteiger partial charge on any atom is 0.340 e. The molecule has 0 atom stereocenters. The number of nitroso groups, excluding NO2 is 1. The molecule has 1 N–H and O–H groups in total. The Bertz CT molecular complexity index is 321. The van der Waals surface area contributed by atoms with Crippen molar-refractivity contribution in [2.75, 3.05) is 38.3 Å². The van der Waals surface area contributed by atoms with Crippen LogP contribution in [0, 0.1) is 4.91 Å². The number of halogens is 1. The fourth-order valence-electron chi connectivity index (χ4n) is 1.20. The molecule has 0 radical (unpaired) electrons. The highest BCUT2D eigenvalue weighted by atomic mass is 35.5. The quantitative estimate of drug-likeness (QED) is 0.288. The van der Waals surface area contributed by atoms with Crippen LogP contribution in [0.1, 0.15) is 13.8 Å². The number of carbonyl (C=O) groups excluding carboxylic acids is 1. The van der Waals surface area contributed by atoms with Crippen LogP contribution in [-0.2, 0) is 13.6 Å². The second-order valence-corrected chi connectivity index (χ2v) is 5.86. The first-order chi connectivity index (χ1) is 9.02. The molecule has 112 valence electrons. The van der Waals surface area contributed by atoms with Gasteiger partial charge in [-0.1, -0.05) is 0 Å². The molecule has 8 nitrogen and oxygen atoms in total. The summed E-state index contributed by atoms with van der Waals surface area (Å²) in [6, 6.07) is -0.699. The van der Waals surface area contributed by atoms with Crippen molar-refractivity contribution in [3.63, 3.8) is 0 Å². The largest absolute Gasteiger partial charge is 0.340 e. The standard InChI is InChI=1S/C9H19ClN3O5P/c1-3-17-19(16,18-4-2)8-7-13(12-15)9(14)11-6-5-10/h3-8H2,1-2H3,(H,11,14). The third kappa shape index (κ3) is 7.47. The van der Waals surface area contributed by atoms with E-state index in [2.05, 4.69) is 10.6 Å². The van der Waals surface area contributed by atoms with E-state index in [1.54, 1.807) is 13.8 Å². The number of nitrogens with zero attached hydrogens (tertiary/aromatic N) is 2. The lowest BCUT2D eigenvalue weighted by molar-refractivity contribution is 0.196. The summed E-state index contributed by atoms with van der Waals surface area (Å²) in [5.41, 5.74) is 0. The molecule has 0 saturated heterocycles. The minimum Gasteiger partial charge on any atom is -0.335 e. The summed E-state index contributed by atoms with van der Waals surface area (Å²) in [5.74, 6) is 0.217. The Labute approximate surface area is 117 Å². The number of carbonyl (C=O) groups is 1. The summed E-state index contributed by atoms with van der Waals surface area (Å²) < 4.78 is 22.2. The topological polar surface area (TPSA) is 97.3 Å². The smallest absolute Gasteiger partial charge is 0.335 e. The van der Waals surface area contributed by atoms with Crippen LogP contribution in [0.25, 0.3) is 0 Å². The average molecular weight is 316 g/mol. The Hall–Kier alpha value is -0.690. The van der Waals surface area contributed by atoms with Crippen LogP contribution in [0.4, 0.5) is 4.79 Å². The number of hydrogen-bond acceptors (Lipinski definition) is 6. The Morgan fingerprint density at radius 1 is 1.37 bits per heavy atom. The first-order valence-electron chi connectivity index (χ1n) is 5.85. The number of urea groups is 1. The van der Waals surface area contributed by atoms with Crippen LogP contribution in [-0.4, -0.2) is 49.4 Å². The third-order valence-electron chi connectivity index (χ3n) is 1.94. The van der Waals surface area contributed by atoms with E-state index in [0.717, 1.165) is 0 Å². The molecule has 0 aliphatic heterocycles. The lowest BCUT2D eigenvalue weighted by atomic mass is 10.6. The van der Waals surface area contributed by atoms with Gasteiger partial charge in [0.15, 0.2) is 0 Å². The van der Waals surface area contributed by atoms with Crippen molar-refractivity contribution in [1.29, 1.82) is 0 Å². The fourth-order valence-corrected chi connectivity index (χ4v) is 2.85. The van der Waals surface area contributed by atoms with Gasteiger partial charge in [-0.2, -0.15) is 5.01 Å². The molecule has 0 aromatic rings. The van der Waals surface area contributed by atoms with Gasteiger partial charge in [0.2, 0.25) is 0 Å². The predicted molar refractivity (Wildman–Crippen MR) is 72.3 cm³/mol. The molecule has 0 aliphatic carbocycles. The highest BCUT2D eigenvalue weighted by molar-refractivity contribution is 7.53. The first kappa shape index (κ1) is 18.3. The van der Waals surface area contributed by atoms with Gasteiger partial charge in [-0.3, -0.25) is 4.57 Å². The van der Waals surface area contributed by atoms with Crippen LogP contribution >= 0.6 is 19.2 Å². The number of alkyl halides is 1. The van der Waals surface area contributed by atoms with Gasteiger partial charge in [0.25, 0.3) is 0 Å². The van der Waals surface area contributed by atoms with E-state index < -0.39 is 13.6 Å². The van der Waals surface area contributed by atoms with Gasteiger partial charge in [0.1, 0.15) is 0 Å². The normalized spacial score (nSPS) is 11.1. The summed E-state index contributed by atoms with van der Waals surface area (Å²) in [6.45, 7) is 3.83. The van der Waals surface area contributed by atoms with Crippen LogP contribution in [0.3, 0.4) is 0 Å². The van der Waals surface area contributed by atoms with Crippen LogP contribution in [0.15, 0.2) is 5.29 Å². The summed E-state index contributed by atoms with van der Waals surface area (Å²) in [6.07, 6.45) is -0.102. The van der Waals surface area contributed by atoms with E-state index in [4.69, 9.17) is 20.6 Å². The fraction of sp³-hybridized carbons (Fsp3) is 0.889. The highest BCUT2D eigenvalue weighted by Crippen LogP contribution is 2.47. The maximum absolute atomic E-state index is 12.1. The van der Waals surface area contributed by atoms with Crippen LogP contribution in [0.2, 0.25) is 0 Å². The van der Waals surface area contributed by atoms with Crippen molar-refractivity contribution in [2.45, 2.75) is 13.8 Å². The minimum absolute atomic E-state index is 0.102. The summed E-state index contributed by atoms with van der Waals surface area (Å²) in [4.78, 5) is 22.0. The maximum atomic E-state index is 12.1. The minimum atomic E-state index is -3.30. The van der Waals surface area contributed by atoms with Crippen LogP contribution < -0.4 is 5.32 Å². The van der Waals surface area contributed by atoms with E-state index in [0.29, 0.717) is 5.01 Å². The van der Waals surface area contributed by atoms with E-state index in [9.17, 15) is 14.3 Å². The molecule has 0 aliphatic rings. The average Bonchev–Trinajstić information content (AvgIpc) is 2.37. The van der Waals surface area contributed by atoms with E-state index >= 15 is 0 Å². The number of hydrogen-bond donors (Lipinski definition) is 1. The second kappa shape index (κ2) is 10.1. The van der Waals surface area contributed by atoms with Gasteiger partial charge in [-0.15, -0.1) is 16.5 Å². The van der Waals surface area contributed by atoms with Gasteiger partial charge in [-0.25, -0.2) is 4.79 Å². The van der Waals surface area contributed by atoms with E-state index in [1.807, 2.05) is 0 Å². The zero-order valence-corrected chi connectivity index (χ0v) is 12.7. The van der Waals surface area contributed by atoms with Crippen molar-refractivity contribution >= 4 is 25.2 Å². The summed E-state index contributed by atoms with van der Waals surface area (Å²) in [5, 5.41) is 5.56. The summed E-state index contributed by atoms with van der Waals surface area (Å²) in [7, 11) is -3.30. The molecule has 0 heterocycles. The molecule has 0 saturated carbocycles. The molecule has 19 heavy (non-hydrogen) atoms. The Morgan fingerprint density at radius 2 is 1.95 bits per heavy atom. The van der Waals surface area contributed by atoms with Crippen molar-refractivity contribution in [3.05, 3.63) is 4.91 Å². The molecular weight excluding hydrogens is 297 g/mol. The zero-order chi connectivity index (χ0) is 14.7. The molecular formula is C9H19ClN3O5P. The number of rotatable bonds is 10. The van der Waals surface area contributed by atoms with E-state index in [-0.39, 0.29) is 38.3 Å². The molecule has 0 aromatic heterocycles. The Balaban J connectivity index is 4.41.